The minimum Gasteiger partial charge on any atom is -0.385 e. The summed E-state index contributed by atoms with van der Waals surface area (Å²) in [4.78, 5) is 7.32. The molecular formula is C18H39IN4O. The van der Waals surface area contributed by atoms with Crippen LogP contribution in [0.1, 0.15) is 52.9 Å². The van der Waals surface area contributed by atoms with Gasteiger partial charge in [-0.3, -0.25) is 4.99 Å². The van der Waals surface area contributed by atoms with Gasteiger partial charge in [0.25, 0.3) is 0 Å². The zero-order valence-corrected chi connectivity index (χ0v) is 18.5. The third-order valence-electron chi connectivity index (χ3n) is 4.88. The molecular weight excluding hydrogens is 415 g/mol. The molecule has 144 valence electrons. The first-order chi connectivity index (χ1) is 11.2. The fourth-order valence-electron chi connectivity index (χ4n) is 3.15. The van der Waals surface area contributed by atoms with Crippen LogP contribution in [-0.4, -0.2) is 63.8 Å². The summed E-state index contributed by atoms with van der Waals surface area (Å²) in [6.45, 7) is 13.6. The van der Waals surface area contributed by atoms with Crippen molar-refractivity contribution in [2.45, 2.75) is 52.9 Å². The minimum absolute atomic E-state index is 0. The van der Waals surface area contributed by atoms with Gasteiger partial charge >= 0.3 is 0 Å². The SMILES string of the molecule is CCCN(CC)CCNC(=NCC1(CCOC)CCC1)NCC.I. The molecule has 1 aliphatic carbocycles. The van der Waals surface area contributed by atoms with Gasteiger partial charge in [-0.05, 0) is 51.1 Å². The van der Waals surface area contributed by atoms with Gasteiger partial charge in [-0.15, -0.1) is 24.0 Å². The zero-order chi connectivity index (χ0) is 17.0. The van der Waals surface area contributed by atoms with Crippen LogP contribution in [0.5, 0.6) is 0 Å². The number of aliphatic imine (C=N–C) groups is 1. The average Bonchev–Trinajstić information content (AvgIpc) is 2.52. The molecule has 0 bridgehead atoms. The average molecular weight is 454 g/mol. The summed E-state index contributed by atoms with van der Waals surface area (Å²) in [6.07, 6.45) is 6.26. The molecule has 0 spiro atoms. The molecule has 0 amide bonds. The number of nitrogens with one attached hydrogen (secondary N) is 2. The van der Waals surface area contributed by atoms with Crippen LogP contribution >= 0.6 is 24.0 Å². The molecule has 5 nitrogen and oxygen atoms in total. The molecule has 0 atom stereocenters. The second kappa shape index (κ2) is 14.1. The standard InChI is InChI=1S/C18H38N4O.HI/c1-5-13-22(7-3)14-12-20-17(19-6-2)21-16-18(9-8-10-18)11-15-23-4;/h5-16H2,1-4H3,(H2,19,20,21);1H. The number of likely N-dealkylation sites (N-methyl/N-ethyl adjacent to an activating group) is 1. The fraction of sp³-hybridized carbons (Fsp3) is 0.944. The van der Waals surface area contributed by atoms with E-state index in [-0.39, 0.29) is 24.0 Å². The Morgan fingerprint density at radius 1 is 1.17 bits per heavy atom. The van der Waals surface area contributed by atoms with E-state index >= 15 is 0 Å². The van der Waals surface area contributed by atoms with Crippen molar-refractivity contribution < 1.29 is 4.74 Å². The molecule has 2 N–H and O–H groups in total. The van der Waals surface area contributed by atoms with Crippen LogP contribution in [0.4, 0.5) is 0 Å². The second-order valence-electron chi connectivity index (χ2n) is 6.65. The predicted molar refractivity (Wildman–Crippen MR) is 115 cm³/mol. The van der Waals surface area contributed by atoms with E-state index in [0.29, 0.717) is 5.41 Å². The second-order valence-corrected chi connectivity index (χ2v) is 6.65. The first-order valence-corrected chi connectivity index (χ1v) is 9.43. The Kier molecular flexibility index (Phi) is 14.1. The van der Waals surface area contributed by atoms with Crippen LogP contribution in [0.15, 0.2) is 4.99 Å². The molecule has 0 aromatic carbocycles. The van der Waals surface area contributed by atoms with Crippen molar-refractivity contribution in [2.75, 3.05) is 53.0 Å². The van der Waals surface area contributed by atoms with E-state index in [1.165, 1.54) is 32.2 Å². The Labute approximate surface area is 166 Å². The largest absolute Gasteiger partial charge is 0.385 e. The number of hydrogen-bond donors (Lipinski definition) is 2. The minimum atomic E-state index is 0. The maximum Gasteiger partial charge on any atom is 0.191 e. The number of ether oxygens (including phenoxy) is 1. The van der Waals surface area contributed by atoms with Gasteiger partial charge in [0.15, 0.2) is 5.96 Å². The lowest BCUT2D eigenvalue weighted by molar-refractivity contribution is 0.0778. The van der Waals surface area contributed by atoms with Gasteiger partial charge in [-0.25, -0.2) is 0 Å². The number of rotatable bonds is 12. The van der Waals surface area contributed by atoms with Crippen molar-refractivity contribution in [1.82, 2.24) is 15.5 Å². The summed E-state index contributed by atoms with van der Waals surface area (Å²) in [5.74, 6) is 0.962. The van der Waals surface area contributed by atoms with Crippen molar-refractivity contribution in [1.29, 1.82) is 0 Å². The molecule has 0 unspecified atom stereocenters. The highest BCUT2D eigenvalue weighted by Crippen LogP contribution is 2.44. The normalized spacial score (nSPS) is 16.5. The highest BCUT2D eigenvalue weighted by Gasteiger charge is 2.36. The van der Waals surface area contributed by atoms with Gasteiger partial charge < -0.3 is 20.3 Å². The molecule has 0 heterocycles. The number of nitrogens with zero attached hydrogens (tertiary/aromatic N) is 2. The molecule has 0 aromatic rings. The van der Waals surface area contributed by atoms with E-state index in [0.717, 1.165) is 51.7 Å². The summed E-state index contributed by atoms with van der Waals surface area (Å²) in [7, 11) is 1.79. The lowest BCUT2D eigenvalue weighted by Crippen LogP contribution is -2.43. The molecule has 24 heavy (non-hydrogen) atoms. The van der Waals surface area contributed by atoms with Crippen molar-refractivity contribution in [3.05, 3.63) is 0 Å². The van der Waals surface area contributed by atoms with E-state index in [2.05, 4.69) is 36.3 Å². The van der Waals surface area contributed by atoms with Crippen molar-refractivity contribution in [3.8, 4) is 0 Å². The van der Waals surface area contributed by atoms with E-state index in [9.17, 15) is 0 Å². The Morgan fingerprint density at radius 2 is 1.92 bits per heavy atom. The third-order valence-corrected chi connectivity index (χ3v) is 4.88. The summed E-state index contributed by atoms with van der Waals surface area (Å²) in [6, 6.07) is 0. The summed E-state index contributed by atoms with van der Waals surface area (Å²) >= 11 is 0. The predicted octanol–water partition coefficient (Wildman–Crippen LogP) is 3.10. The number of halogens is 1. The van der Waals surface area contributed by atoms with E-state index in [4.69, 9.17) is 9.73 Å². The fourth-order valence-corrected chi connectivity index (χ4v) is 3.15. The quantitative estimate of drug-likeness (QED) is 0.270. The molecule has 0 saturated heterocycles. The summed E-state index contributed by atoms with van der Waals surface area (Å²) in [5.41, 5.74) is 0.385. The Balaban J connectivity index is 0.00000529. The first kappa shape index (κ1) is 23.9. The van der Waals surface area contributed by atoms with Crippen molar-refractivity contribution in [2.24, 2.45) is 10.4 Å². The van der Waals surface area contributed by atoms with Crippen molar-refractivity contribution in [3.63, 3.8) is 0 Å². The van der Waals surface area contributed by atoms with Gasteiger partial charge in [-0.2, -0.15) is 0 Å². The molecule has 1 rings (SSSR count). The maximum absolute atomic E-state index is 5.27. The molecule has 0 radical (unpaired) electrons. The molecule has 1 aliphatic rings. The van der Waals surface area contributed by atoms with Crippen LogP contribution in [0.2, 0.25) is 0 Å². The number of hydrogen-bond acceptors (Lipinski definition) is 3. The van der Waals surface area contributed by atoms with Crippen LogP contribution in [0.3, 0.4) is 0 Å². The van der Waals surface area contributed by atoms with Gasteiger partial charge in [0.05, 0.1) is 0 Å². The van der Waals surface area contributed by atoms with Crippen LogP contribution in [0, 0.1) is 5.41 Å². The van der Waals surface area contributed by atoms with Crippen LogP contribution in [-0.2, 0) is 4.74 Å². The lowest BCUT2D eigenvalue weighted by Gasteiger charge is -2.40. The lowest BCUT2D eigenvalue weighted by atomic mass is 9.67. The smallest absolute Gasteiger partial charge is 0.191 e. The first-order valence-electron chi connectivity index (χ1n) is 9.43. The number of methoxy groups -OCH3 is 1. The molecule has 0 aromatic heterocycles. The highest BCUT2D eigenvalue weighted by molar-refractivity contribution is 14.0. The Morgan fingerprint density at radius 3 is 2.42 bits per heavy atom. The molecule has 1 fully saturated rings. The summed E-state index contributed by atoms with van der Waals surface area (Å²) in [5, 5.41) is 6.86. The molecule has 1 saturated carbocycles. The van der Waals surface area contributed by atoms with Crippen molar-refractivity contribution >= 4 is 29.9 Å². The van der Waals surface area contributed by atoms with E-state index < -0.39 is 0 Å². The Bertz CT molecular complexity index is 335. The van der Waals surface area contributed by atoms with E-state index in [1.807, 2.05) is 0 Å². The third kappa shape index (κ3) is 8.85. The van der Waals surface area contributed by atoms with Gasteiger partial charge in [0.1, 0.15) is 0 Å². The maximum atomic E-state index is 5.27. The summed E-state index contributed by atoms with van der Waals surface area (Å²) < 4.78 is 5.27. The van der Waals surface area contributed by atoms with Gasteiger partial charge in [-0.1, -0.05) is 20.3 Å². The number of guanidine groups is 1. The zero-order valence-electron chi connectivity index (χ0n) is 16.2. The Hall–Kier alpha value is -0.0800. The topological polar surface area (TPSA) is 48.9 Å². The van der Waals surface area contributed by atoms with Gasteiger partial charge in [0, 0.05) is 39.9 Å². The van der Waals surface area contributed by atoms with Crippen LogP contribution < -0.4 is 10.6 Å². The van der Waals surface area contributed by atoms with E-state index in [1.54, 1.807) is 7.11 Å². The highest BCUT2D eigenvalue weighted by atomic mass is 127. The van der Waals surface area contributed by atoms with Crippen LogP contribution in [0.25, 0.3) is 0 Å². The molecule has 6 heteroatoms. The monoisotopic (exact) mass is 454 g/mol. The van der Waals surface area contributed by atoms with Gasteiger partial charge in [0.2, 0.25) is 0 Å². The molecule has 0 aliphatic heterocycles.